The summed E-state index contributed by atoms with van der Waals surface area (Å²) in [5.41, 5.74) is 4.71. The minimum atomic E-state index is -0.907. The highest BCUT2D eigenvalue weighted by molar-refractivity contribution is 7.99. The molecule has 4 heteroatoms. The normalized spacial score (nSPS) is 18.8. The molecule has 0 bridgehead atoms. The maximum absolute atomic E-state index is 12.5. The van der Waals surface area contributed by atoms with E-state index in [4.69, 9.17) is 0 Å². The Morgan fingerprint density at radius 1 is 1.13 bits per heavy atom. The van der Waals surface area contributed by atoms with E-state index in [9.17, 15) is 14.7 Å². The lowest BCUT2D eigenvalue weighted by Gasteiger charge is -2.10. The number of carbonyl (C=O) groups is 2. The first-order chi connectivity index (χ1) is 11.0. The van der Waals surface area contributed by atoms with E-state index in [0.717, 1.165) is 45.7 Å². The molecule has 0 amide bonds. The molecule has 0 fully saturated rings. The second-order valence-corrected chi connectivity index (χ2v) is 7.36. The van der Waals surface area contributed by atoms with Gasteiger partial charge in [-0.2, -0.15) is 0 Å². The van der Waals surface area contributed by atoms with Gasteiger partial charge in [0.25, 0.3) is 0 Å². The third-order valence-corrected chi connectivity index (χ3v) is 5.96. The highest BCUT2D eigenvalue weighted by atomic mass is 32.2. The molecule has 0 aromatic heterocycles. The number of aromatic carboxylic acids is 1. The fourth-order valence-corrected chi connectivity index (χ4v) is 4.72. The summed E-state index contributed by atoms with van der Waals surface area (Å²) in [5.74, 6) is -0.573. The highest BCUT2D eigenvalue weighted by Gasteiger charge is 2.31. The van der Waals surface area contributed by atoms with Gasteiger partial charge in [-0.3, -0.25) is 4.79 Å². The van der Waals surface area contributed by atoms with E-state index in [0.29, 0.717) is 5.56 Å². The van der Waals surface area contributed by atoms with Crippen molar-refractivity contribution in [2.24, 2.45) is 5.92 Å². The third-order valence-electron chi connectivity index (χ3n) is 4.75. The van der Waals surface area contributed by atoms with Gasteiger partial charge in [0, 0.05) is 21.3 Å². The number of hydrogen-bond donors (Lipinski definition) is 1. The lowest BCUT2D eigenvalue weighted by Crippen LogP contribution is -2.07. The maximum Gasteiger partial charge on any atom is 0.335 e. The molecule has 0 spiro atoms. The van der Waals surface area contributed by atoms with Crippen LogP contribution in [0.1, 0.15) is 44.3 Å². The van der Waals surface area contributed by atoms with Crippen molar-refractivity contribution >= 4 is 23.5 Å². The lowest BCUT2D eigenvalue weighted by atomic mass is 9.96. The van der Waals surface area contributed by atoms with E-state index in [2.05, 4.69) is 12.1 Å². The SMILES string of the molecule is CC1Cc2ccc3c(c2C1=O)CCc1ccc(C(=O)O)cc1S3. The highest BCUT2D eigenvalue weighted by Crippen LogP contribution is 2.42. The van der Waals surface area contributed by atoms with E-state index in [1.165, 1.54) is 5.56 Å². The van der Waals surface area contributed by atoms with Crippen LogP contribution in [-0.4, -0.2) is 16.9 Å². The van der Waals surface area contributed by atoms with Gasteiger partial charge < -0.3 is 5.11 Å². The van der Waals surface area contributed by atoms with Gasteiger partial charge in [-0.1, -0.05) is 30.8 Å². The number of aryl methyl sites for hydroxylation is 1. The van der Waals surface area contributed by atoms with Crippen LogP contribution in [0.2, 0.25) is 0 Å². The van der Waals surface area contributed by atoms with E-state index < -0.39 is 5.97 Å². The molecule has 3 nitrogen and oxygen atoms in total. The smallest absolute Gasteiger partial charge is 0.335 e. The van der Waals surface area contributed by atoms with Gasteiger partial charge in [0.2, 0.25) is 0 Å². The predicted octanol–water partition coefficient (Wildman–Crippen LogP) is 4.01. The number of carboxylic acids is 1. The van der Waals surface area contributed by atoms with Crippen LogP contribution in [0.15, 0.2) is 40.1 Å². The summed E-state index contributed by atoms with van der Waals surface area (Å²) in [6, 6.07) is 9.47. The Kier molecular flexibility index (Phi) is 3.31. The quantitative estimate of drug-likeness (QED) is 0.861. The van der Waals surface area contributed by atoms with E-state index in [1.807, 2.05) is 13.0 Å². The molecule has 1 heterocycles. The van der Waals surface area contributed by atoms with Gasteiger partial charge in [0.15, 0.2) is 5.78 Å². The molecule has 0 saturated carbocycles. The van der Waals surface area contributed by atoms with Crippen LogP contribution >= 0.6 is 11.8 Å². The molecule has 1 aliphatic carbocycles. The van der Waals surface area contributed by atoms with Crippen molar-refractivity contribution in [3.8, 4) is 0 Å². The number of fused-ring (bicyclic) bond motifs is 4. The molecule has 0 radical (unpaired) electrons. The van der Waals surface area contributed by atoms with Crippen molar-refractivity contribution in [3.05, 3.63) is 58.1 Å². The fourth-order valence-electron chi connectivity index (χ4n) is 3.53. The molecular formula is C19H16O3S. The first-order valence-corrected chi connectivity index (χ1v) is 8.59. The summed E-state index contributed by atoms with van der Waals surface area (Å²) in [5, 5.41) is 9.19. The Bertz CT molecular complexity index is 854. The number of ketones is 1. The Hall–Kier alpha value is -2.07. The number of Topliss-reactive ketones (excluding diaryl/α,β-unsaturated/α-hetero) is 1. The minimum Gasteiger partial charge on any atom is -0.478 e. The Morgan fingerprint density at radius 3 is 2.70 bits per heavy atom. The molecule has 116 valence electrons. The van der Waals surface area contributed by atoms with E-state index >= 15 is 0 Å². The average molecular weight is 324 g/mol. The summed E-state index contributed by atoms with van der Waals surface area (Å²) in [4.78, 5) is 25.8. The molecule has 23 heavy (non-hydrogen) atoms. The molecule has 1 unspecified atom stereocenters. The van der Waals surface area contributed by atoms with Crippen molar-refractivity contribution in [2.45, 2.75) is 36.0 Å². The zero-order valence-corrected chi connectivity index (χ0v) is 13.6. The summed E-state index contributed by atoms with van der Waals surface area (Å²) in [6.07, 6.45) is 2.51. The molecule has 2 aromatic rings. The third kappa shape index (κ3) is 2.29. The number of carboxylic acid groups (broad SMARTS) is 1. The van der Waals surface area contributed by atoms with Gasteiger partial charge in [0.1, 0.15) is 0 Å². The van der Waals surface area contributed by atoms with Gasteiger partial charge in [-0.05, 0) is 54.2 Å². The van der Waals surface area contributed by atoms with Crippen LogP contribution in [-0.2, 0) is 19.3 Å². The van der Waals surface area contributed by atoms with Gasteiger partial charge in [-0.15, -0.1) is 0 Å². The average Bonchev–Trinajstić information content (AvgIpc) is 2.71. The minimum absolute atomic E-state index is 0.0748. The van der Waals surface area contributed by atoms with Crippen LogP contribution in [0, 0.1) is 5.92 Å². The van der Waals surface area contributed by atoms with Gasteiger partial charge >= 0.3 is 5.97 Å². The molecular weight excluding hydrogens is 308 g/mol. The van der Waals surface area contributed by atoms with Gasteiger partial charge in [-0.25, -0.2) is 4.79 Å². The molecule has 0 saturated heterocycles. The van der Waals surface area contributed by atoms with Crippen molar-refractivity contribution in [3.63, 3.8) is 0 Å². The van der Waals surface area contributed by atoms with Crippen LogP contribution in [0.5, 0.6) is 0 Å². The number of hydrogen-bond acceptors (Lipinski definition) is 3. The largest absolute Gasteiger partial charge is 0.478 e. The topological polar surface area (TPSA) is 54.4 Å². The Labute approximate surface area is 138 Å². The van der Waals surface area contributed by atoms with Crippen LogP contribution in [0.4, 0.5) is 0 Å². The van der Waals surface area contributed by atoms with E-state index in [1.54, 1.807) is 23.9 Å². The first-order valence-electron chi connectivity index (χ1n) is 7.77. The lowest BCUT2D eigenvalue weighted by molar-refractivity contribution is 0.0696. The molecule has 2 aromatic carbocycles. The summed E-state index contributed by atoms with van der Waals surface area (Å²) >= 11 is 1.59. The number of rotatable bonds is 1. The second-order valence-electron chi connectivity index (χ2n) is 6.28. The Balaban J connectivity index is 1.82. The second kappa shape index (κ2) is 5.24. The van der Waals surface area contributed by atoms with Crippen molar-refractivity contribution < 1.29 is 14.7 Å². The molecule has 2 aliphatic rings. The number of carbonyl (C=O) groups excluding carboxylic acids is 1. The fraction of sp³-hybridized carbons (Fsp3) is 0.263. The molecule has 1 atom stereocenters. The zero-order valence-electron chi connectivity index (χ0n) is 12.8. The van der Waals surface area contributed by atoms with Crippen molar-refractivity contribution in [1.82, 2.24) is 0 Å². The monoisotopic (exact) mass is 324 g/mol. The van der Waals surface area contributed by atoms with E-state index in [-0.39, 0.29) is 11.7 Å². The molecule has 1 N–H and O–H groups in total. The van der Waals surface area contributed by atoms with Gasteiger partial charge in [0.05, 0.1) is 5.56 Å². The molecule has 4 rings (SSSR count). The van der Waals surface area contributed by atoms with Crippen LogP contribution in [0.3, 0.4) is 0 Å². The van der Waals surface area contributed by atoms with Crippen LogP contribution in [0.25, 0.3) is 0 Å². The predicted molar refractivity (Wildman–Crippen MR) is 88.6 cm³/mol. The summed E-state index contributed by atoms with van der Waals surface area (Å²) in [7, 11) is 0. The Morgan fingerprint density at radius 2 is 1.91 bits per heavy atom. The zero-order chi connectivity index (χ0) is 16.1. The summed E-state index contributed by atoms with van der Waals surface area (Å²) < 4.78 is 0. The molecule has 1 aliphatic heterocycles. The standard InChI is InChI=1S/C19H16O3S/c1-10-8-12-5-7-15-14(17(12)18(10)20)6-4-11-2-3-13(19(21)22)9-16(11)23-15/h2-3,5,7,9-10H,4,6,8H2,1H3,(H,21,22). The number of benzene rings is 2. The van der Waals surface area contributed by atoms with Crippen molar-refractivity contribution in [1.29, 1.82) is 0 Å². The van der Waals surface area contributed by atoms with Crippen LogP contribution < -0.4 is 0 Å². The first kappa shape index (κ1) is 14.5. The summed E-state index contributed by atoms with van der Waals surface area (Å²) in [6.45, 7) is 1.99. The maximum atomic E-state index is 12.5. The van der Waals surface area contributed by atoms with Crippen molar-refractivity contribution in [2.75, 3.05) is 0 Å².